The maximum Gasteiger partial charge on any atom is 0.387 e. The monoisotopic (exact) mass is 362 g/mol. The quantitative estimate of drug-likeness (QED) is 0.748. The van der Waals surface area contributed by atoms with Crippen LogP contribution in [0.1, 0.15) is 29.5 Å². The van der Waals surface area contributed by atoms with Crippen molar-refractivity contribution < 1.29 is 31.2 Å². The van der Waals surface area contributed by atoms with Crippen LogP contribution in [0.5, 0.6) is 11.5 Å². The van der Waals surface area contributed by atoms with E-state index in [2.05, 4.69) is 14.9 Å². The highest BCUT2D eigenvalue weighted by atomic mass is 32.2. The predicted octanol–water partition coefficient (Wildman–Crippen LogP) is 2.66. The molecule has 1 aromatic carbocycles. The van der Waals surface area contributed by atoms with Crippen molar-refractivity contribution in [3.05, 3.63) is 35.5 Å². The lowest BCUT2D eigenvalue weighted by Gasteiger charge is -2.13. The minimum absolute atomic E-state index is 0.00267. The van der Waals surface area contributed by atoms with Crippen LogP contribution in [0, 0.1) is 6.92 Å². The van der Waals surface area contributed by atoms with Gasteiger partial charge in [-0.25, -0.2) is 8.42 Å². The van der Waals surface area contributed by atoms with Gasteiger partial charge in [-0.2, -0.15) is 13.8 Å². The summed E-state index contributed by atoms with van der Waals surface area (Å²) in [7, 11) is -2.38. The number of hydrogen-bond acceptors (Lipinski definition) is 7. The molecule has 1 unspecified atom stereocenters. The number of ether oxygens (including phenoxy) is 2. The van der Waals surface area contributed by atoms with E-state index in [9.17, 15) is 17.2 Å². The van der Waals surface area contributed by atoms with E-state index in [1.54, 1.807) is 6.92 Å². The number of aryl methyl sites for hydroxylation is 1. The second-order valence-corrected chi connectivity index (χ2v) is 7.31. The van der Waals surface area contributed by atoms with Gasteiger partial charge in [-0.3, -0.25) is 0 Å². The van der Waals surface area contributed by atoms with E-state index in [0.717, 1.165) is 0 Å². The second kappa shape index (κ2) is 7.12. The molecule has 0 aliphatic rings. The molecule has 10 heteroatoms. The molecule has 0 fully saturated rings. The standard InChI is InChI=1S/C14H16F2N2O5S/c1-8(13-17-9(2)18-23-13)24(19,20)7-10-4-5-11(22-14(15)16)12(6-10)21-3/h4-6,8,14H,7H2,1-3H3. The Morgan fingerprint density at radius 1 is 1.29 bits per heavy atom. The molecule has 0 N–H and O–H groups in total. The predicted molar refractivity (Wildman–Crippen MR) is 79.7 cm³/mol. The summed E-state index contributed by atoms with van der Waals surface area (Å²) in [5.74, 6) is -0.168. The van der Waals surface area contributed by atoms with Gasteiger partial charge in [0.15, 0.2) is 27.2 Å². The van der Waals surface area contributed by atoms with E-state index in [0.29, 0.717) is 11.4 Å². The van der Waals surface area contributed by atoms with Crippen molar-refractivity contribution in [1.82, 2.24) is 10.1 Å². The molecule has 1 heterocycles. The van der Waals surface area contributed by atoms with Gasteiger partial charge in [0.25, 0.3) is 0 Å². The molecule has 0 saturated carbocycles. The molecule has 0 amide bonds. The molecule has 132 valence electrons. The van der Waals surface area contributed by atoms with Gasteiger partial charge in [-0.15, -0.1) is 0 Å². The zero-order valence-corrected chi connectivity index (χ0v) is 14.0. The van der Waals surface area contributed by atoms with Crippen molar-refractivity contribution >= 4 is 9.84 Å². The van der Waals surface area contributed by atoms with E-state index in [4.69, 9.17) is 9.26 Å². The SMILES string of the molecule is COc1cc(CS(=O)(=O)C(C)c2nc(C)no2)ccc1OC(F)F. The molecule has 2 aromatic rings. The van der Waals surface area contributed by atoms with Crippen molar-refractivity contribution in [1.29, 1.82) is 0 Å². The van der Waals surface area contributed by atoms with Crippen molar-refractivity contribution in [2.75, 3.05) is 7.11 Å². The fourth-order valence-electron chi connectivity index (χ4n) is 1.98. The van der Waals surface area contributed by atoms with Gasteiger partial charge in [0.05, 0.1) is 12.9 Å². The van der Waals surface area contributed by atoms with Crippen molar-refractivity contribution in [3.63, 3.8) is 0 Å². The van der Waals surface area contributed by atoms with Gasteiger partial charge in [0, 0.05) is 0 Å². The van der Waals surface area contributed by atoms with Crippen molar-refractivity contribution in [2.24, 2.45) is 0 Å². The Morgan fingerprint density at radius 2 is 2.00 bits per heavy atom. The molecule has 1 atom stereocenters. The second-order valence-electron chi connectivity index (χ2n) is 4.99. The molecule has 2 rings (SSSR count). The minimum Gasteiger partial charge on any atom is -0.493 e. The summed E-state index contributed by atoms with van der Waals surface area (Å²) < 4.78 is 63.7. The van der Waals surface area contributed by atoms with E-state index in [-0.39, 0.29) is 23.1 Å². The maximum absolute atomic E-state index is 12.5. The topological polar surface area (TPSA) is 91.5 Å². The van der Waals surface area contributed by atoms with E-state index >= 15 is 0 Å². The van der Waals surface area contributed by atoms with Gasteiger partial charge in [0.2, 0.25) is 5.89 Å². The van der Waals surface area contributed by atoms with E-state index in [1.807, 2.05) is 0 Å². The lowest BCUT2D eigenvalue weighted by Crippen LogP contribution is -2.13. The first-order valence-corrected chi connectivity index (χ1v) is 8.58. The molecule has 0 saturated heterocycles. The Kier molecular flexibility index (Phi) is 5.37. The van der Waals surface area contributed by atoms with Gasteiger partial charge >= 0.3 is 6.61 Å². The summed E-state index contributed by atoms with van der Waals surface area (Å²) >= 11 is 0. The van der Waals surface area contributed by atoms with Gasteiger partial charge in [0.1, 0.15) is 5.25 Å². The number of benzene rings is 1. The highest BCUT2D eigenvalue weighted by molar-refractivity contribution is 7.90. The van der Waals surface area contributed by atoms with Crippen LogP contribution in [-0.4, -0.2) is 32.3 Å². The lowest BCUT2D eigenvalue weighted by molar-refractivity contribution is -0.0512. The fourth-order valence-corrected chi connectivity index (χ4v) is 3.28. The number of alkyl halides is 2. The van der Waals surface area contributed by atoms with E-state index < -0.39 is 21.7 Å². The highest BCUT2D eigenvalue weighted by Gasteiger charge is 2.28. The number of sulfone groups is 1. The third-order valence-corrected chi connectivity index (χ3v) is 5.26. The van der Waals surface area contributed by atoms with Crippen molar-refractivity contribution in [2.45, 2.75) is 31.5 Å². The van der Waals surface area contributed by atoms with Gasteiger partial charge < -0.3 is 14.0 Å². The number of nitrogens with zero attached hydrogens (tertiary/aromatic N) is 2. The van der Waals surface area contributed by atoms with Crippen molar-refractivity contribution in [3.8, 4) is 11.5 Å². The first kappa shape index (κ1) is 18.1. The molecule has 0 aliphatic carbocycles. The van der Waals surface area contributed by atoms with E-state index in [1.165, 1.54) is 32.2 Å². The highest BCUT2D eigenvalue weighted by Crippen LogP contribution is 2.31. The number of rotatable bonds is 7. The third kappa shape index (κ3) is 4.19. The van der Waals surface area contributed by atoms with Gasteiger partial charge in [-0.1, -0.05) is 11.2 Å². The average Bonchev–Trinajstić information content (AvgIpc) is 2.93. The minimum atomic E-state index is -3.65. The zero-order chi connectivity index (χ0) is 17.9. The molecule has 7 nitrogen and oxygen atoms in total. The average molecular weight is 362 g/mol. The summed E-state index contributed by atoms with van der Waals surface area (Å²) in [5.41, 5.74) is 0.358. The lowest BCUT2D eigenvalue weighted by atomic mass is 10.2. The van der Waals surface area contributed by atoms with Crippen LogP contribution in [0.4, 0.5) is 8.78 Å². The number of halogens is 2. The molecule has 0 bridgehead atoms. The fraction of sp³-hybridized carbons (Fsp3) is 0.429. The molecular weight excluding hydrogens is 346 g/mol. The first-order chi connectivity index (χ1) is 11.2. The summed E-state index contributed by atoms with van der Waals surface area (Å²) in [6, 6.07) is 3.95. The number of hydrogen-bond donors (Lipinski definition) is 0. The third-order valence-electron chi connectivity index (χ3n) is 3.24. The Morgan fingerprint density at radius 3 is 2.54 bits per heavy atom. The largest absolute Gasteiger partial charge is 0.493 e. The Balaban J connectivity index is 2.23. The van der Waals surface area contributed by atoms with Crippen LogP contribution >= 0.6 is 0 Å². The Labute approximate surface area is 137 Å². The summed E-state index contributed by atoms with van der Waals surface area (Å²) in [6.45, 7) is 0.0153. The summed E-state index contributed by atoms with van der Waals surface area (Å²) in [5, 5.41) is 2.57. The molecule has 0 radical (unpaired) electrons. The molecule has 24 heavy (non-hydrogen) atoms. The molecule has 1 aromatic heterocycles. The first-order valence-electron chi connectivity index (χ1n) is 6.86. The van der Waals surface area contributed by atoms with Gasteiger partial charge in [-0.05, 0) is 31.5 Å². The Bertz CT molecular complexity index is 807. The Hall–Kier alpha value is -2.23. The van der Waals surface area contributed by atoms with Crippen LogP contribution in [0.2, 0.25) is 0 Å². The zero-order valence-electron chi connectivity index (χ0n) is 13.2. The van der Waals surface area contributed by atoms with Crippen LogP contribution < -0.4 is 9.47 Å². The molecule has 0 aliphatic heterocycles. The molecular formula is C14H16F2N2O5S. The number of methoxy groups -OCH3 is 1. The maximum atomic E-state index is 12.5. The smallest absolute Gasteiger partial charge is 0.387 e. The number of aromatic nitrogens is 2. The molecule has 0 spiro atoms. The normalized spacial score (nSPS) is 13.1. The van der Waals surface area contributed by atoms with Crippen LogP contribution in [-0.2, 0) is 15.6 Å². The van der Waals surface area contributed by atoms with Crippen LogP contribution in [0.3, 0.4) is 0 Å². The summed E-state index contributed by atoms with van der Waals surface area (Å²) in [4.78, 5) is 3.91. The summed E-state index contributed by atoms with van der Waals surface area (Å²) in [6.07, 6.45) is 0. The van der Waals surface area contributed by atoms with Crippen LogP contribution in [0.15, 0.2) is 22.7 Å². The van der Waals surface area contributed by atoms with Crippen LogP contribution in [0.25, 0.3) is 0 Å².